The highest BCUT2D eigenvalue weighted by atomic mass is 35.5. The first kappa shape index (κ1) is 13.6. The number of hydrogen-bond acceptors (Lipinski definition) is 2. The fraction of sp³-hybridized carbons (Fsp3) is 0.231. The zero-order valence-corrected chi connectivity index (χ0v) is 12.0. The Balaban J connectivity index is 2.25. The third-order valence-electron chi connectivity index (χ3n) is 2.60. The normalized spacial score (nSPS) is 10.7. The lowest BCUT2D eigenvalue weighted by atomic mass is 10.1. The summed E-state index contributed by atoms with van der Waals surface area (Å²) in [5.41, 5.74) is 2.89. The fourth-order valence-corrected chi connectivity index (χ4v) is 2.16. The summed E-state index contributed by atoms with van der Waals surface area (Å²) < 4.78 is 0. The Kier molecular flexibility index (Phi) is 4.44. The van der Waals surface area contributed by atoms with Crippen LogP contribution >= 0.6 is 34.8 Å². The van der Waals surface area contributed by atoms with Gasteiger partial charge in [-0.1, -0.05) is 29.3 Å². The molecule has 0 unspecified atom stereocenters. The van der Waals surface area contributed by atoms with Gasteiger partial charge in [-0.05, 0) is 30.2 Å². The van der Waals surface area contributed by atoms with E-state index < -0.39 is 0 Å². The molecule has 1 aromatic heterocycles. The second-order valence-electron chi connectivity index (χ2n) is 3.97. The first-order valence-electron chi connectivity index (χ1n) is 5.41. The van der Waals surface area contributed by atoms with Crippen molar-refractivity contribution in [3.8, 4) is 0 Å². The van der Waals surface area contributed by atoms with Gasteiger partial charge in [-0.25, -0.2) is 9.97 Å². The molecule has 1 aromatic carbocycles. The minimum atomic E-state index is 0.392. The van der Waals surface area contributed by atoms with Crippen molar-refractivity contribution in [2.24, 2.45) is 0 Å². The summed E-state index contributed by atoms with van der Waals surface area (Å²) in [6.07, 6.45) is 2.40. The molecule has 0 amide bonds. The molecule has 18 heavy (non-hydrogen) atoms. The quantitative estimate of drug-likeness (QED) is 0.784. The second-order valence-corrected chi connectivity index (χ2v) is 5.06. The van der Waals surface area contributed by atoms with E-state index in [1.54, 1.807) is 12.3 Å². The minimum Gasteiger partial charge on any atom is -0.241 e. The Morgan fingerprint density at radius 2 is 1.94 bits per heavy atom. The molecule has 0 bridgehead atoms. The van der Waals surface area contributed by atoms with Crippen molar-refractivity contribution < 1.29 is 0 Å². The standard InChI is InChI=1S/C13H11Cl3N2/c1-8-7-17-13(18-12(8)6-14)5-9-2-3-10(15)11(16)4-9/h2-4,7H,5-6H2,1H3. The molecule has 0 spiro atoms. The first-order chi connectivity index (χ1) is 8.60. The van der Waals surface area contributed by atoms with Crippen molar-refractivity contribution in [3.63, 3.8) is 0 Å². The van der Waals surface area contributed by atoms with E-state index in [-0.39, 0.29) is 0 Å². The van der Waals surface area contributed by atoms with Crippen LogP contribution in [0.15, 0.2) is 24.4 Å². The van der Waals surface area contributed by atoms with Crippen molar-refractivity contribution in [1.82, 2.24) is 9.97 Å². The van der Waals surface area contributed by atoms with Crippen LogP contribution in [-0.2, 0) is 12.3 Å². The smallest absolute Gasteiger partial charge is 0.132 e. The summed E-state index contributed by atoms with van der Waals surface area (Å²) in [5.74, 6) is 1.12. The third-order valence-corrected chi connectivity index (χ3v) is 3.59. The number of halogens is 3. The lowest BCUT2D eigenvalue weighted by Crippen LogP contribution is -2.01. The van der Waals surface area contributed by atoms with Gasteiger partial charge in [-0.15, -0.1) is 11.6 Å². The Hall–Kier alpha value is -0.830. The molecule has 94 valence electrons. The van der Waals surface area contributed by atoms with Gasteiger partial charge < -0.3 is 0 Å². The average molecular weight is 302 g/mol. The molecule has 2 nitrogen and oxygen atoms in total. The molecule has 0 N–H and O–H groups in total. The highest BCUT2D eigenvalue weighted by Crippen LogP contribution is 2.23. The molecule has 1 heterocycles. The van der Waals surface area contributed by atoms with Crippen molar-refractivity contribution >= 4 is 34.8 Å². The van der Waals surface area contributed by atoms with E-state index >= 15 is 0 Å². The highest BCUT2D eigenvalue weighted by Gasteiger charge is 2.05. The summed E-state index contributed by atoms with van der Waals surface area (Å²) in [7, 11) is 0. The van der Waals surface area contributed by atoms with Crippen LogP contribution in [0.25, 0.3) is 0 Å². The third kappa shape index (κ3) is 3.14. The molecule has 2 rings (SSSR count). The van der Waals surface area contributed by atoms with E-state index in [2.05, 4.69) is 9.97 Å². The second kappa shape index (κ2) is 5.87. The van der Waals surface area contributed by atoms with E-state index in [4.69, 9.17) is 34.8 Å². The van der Waals surface area contributed by atoms with Gasteiger partial charge in [0.15, 0.2) is 0 Å². The minimum absolute atomic E-state index is 0.392. The summed E-state index contributed by atoms with van der Waals surface area (Å²) in [6.45, 7) is 1.95. The van der Waals surface area contributed by atoms with E-state index in [1.807, 2.05) is 19.1 Å². The van der Waals surface area contributed by atoms with E-state index in [1.165, 1.54) is 0 Å². The Morgan fingerprint density at radius 3 is 2.61 bits per heavy atom. The van der Waals surface area contributed by atoms with Gasteiger partial charge >= 0.3 is 0 Å². The number of aromatic nitrogens is 2. The lowest BCUT2D eigenvalue weighted by molar-refractivity contribution is 0.920. The SMILES string of the molecule is Cc1cnc(Cc2ccc(Cl)c(Cl)c2)nc1CCl. The van der Waals surface area contributed by atoms with E-state index in [0.29, 0.717) is 22.3 Å². The highest BCUT2D eigenvalue weighted by molar-refractivity contribution is 6.42. The van der Waals surface area contributed by atoms with Crippen molar-refractivity contribution in [1.29, 1.82) is 0 Å². The van der Waals surface area contributed by atoms with Crippen molar-refractivity contribution in [2.75, 3.05) is 0 Å². The largest absolute Gasteiger partial charge is 0.241 e. The molecule has 0 radical (unpaired) electrons. The van der Waals surface area contributed by atoms with Gasteiger partial charge in [0.1, 0.15) is 5.82 Å². The maximum Gasteiger partial charge on any atom is 0.132 e. The van der Waals surface area contributed by atoms with E-state index in [9.17, 15) is 0 Å². The number of alkyl halides is 1. The predicted molar refractivity (Wildman–Crippen MR) is 75.6 cm³/mol. The molecule has 0 saturated heterocycles. The molecule has 0 aliphatic heterocycles. The zero-order valence-electron chi connectivity index (χ0n) is 9.75. The Labute approximate surface area is 121 Å². The van der Waals surface area contributed by atoms with Gasteiger partial charge in [0.05, 0.1) is 21.6 Å². The number of nitrogens with zero attached hydrogens (tertiary/aromatic N) is 2. The van der Waals surface area contributed by atoms with Crippen LogP contribution in [0.1, 0.15) is 22.6 Å². The first-order valence-corrected chi connectivity index (χ1v) is 6.70. The van der Waals surface area contributed by atoms with Crippen LogP contribution in [0.4, 0.5) is 0 Å². The number of aryl methyl sites for hydroxylation is 1. The number of hydrogen-bond donors (Lipinski definition) is 0. The van der Waals surface area contributed by atoms with Crippen LogP contribution in [0.3, 0.4) is 0 Å². The van der Waals surface area contributed by atoms with Gasteiger partial charge in [0.2, 0.25) is 0 Å². The van der Waals surface area contributed by atoms with Crippen molar-refractivity contribution in [2.45, 2.75) is 19.2 Å². The van der Waals surface area contributed by atoms with Gasteiger partial charge in [-0.3, -0.25) is 0 Å². The summed E-state index contributed by atoms with van der Waals surface area (Å²) in [4.78, 5) is 8.71. The maximum atomic E-state index is 5.97. The molecule has 5 heteroatoms. The van der Waals surface area contributed by atoms with Gasteiger partial charge in [0, 0.05) is 12.6 Å². The van der Waals surface area contributed by atoms with Crippen LogP contribution in [0.5, 0.6) is 0 Å². The van der Waals surface area contributed by atoms with E-state index in [0.717, 1.165) is 22.6 Å². The van der Waals surface area contributed by atoms with Crippen LogP contribution in [0, 0.1) is 6.92 Å². The molecular weight excluding hydrogens is 291 g/mol. The molecule has 0 aliphatic rings. The molecule has 0 atom stereocenters. The monoisotopic (exact) mass is 300 g/mol. The summed E-state index contributed by atoms with van der Waals surface area (Å²) >= 11 is 17.7. The zero-order chi connectivity index (χ0) is 13.1. The molecular formula is C13H11Cl3N2. The number of benzene rings is 1. The topological polar surface area (TPSA) is 25.8 Å². The van der Waals surface area contributed by atoms with Crippen LogP contribution in [0.2, 0.25) is 10.0 Å². The number of rotatable bonds is 3. The lowest BCUT2D eigenvalue weighted by Gasteiger charge is -2.05. The van der Waals surface area contributed by atoms with Crippen LogP contribution < -0.4 is 0 Å². The molecule has 2 aromatic rings. The summed E-state index contributed by atoms with van der Waals surface area (Å²) in [5, 5.41) is 1.09. The molecule has 0 fully saturated rings. The fourth-order valence-electron chi connectivity index (χ4n) is 1.57. The van der Waals surface area contributed by atoms with Gasteiger partial charge in [-0.2, -0.15) is 0 Å². The Bertz CT molecular complexity index is 570. The predicted octanol–water partition coefficient (Wildman–Crippen LogP) is 4.42. The Morgan fingerprint density at radius 1 is 1.17 bits per heavy atom. The average Bonchev–Trinajstić information content (AvgIpc) is 2.36. The molecule has 0 saturated carbocycles. The molecule has 0 aliphatic carbocycles. The maximum absolute atomic E-state index is 5.97. The summed E-state index contributed by atoms with van der Waals surface area (Å²) in [6, 6.07) is 5.52. The van der Waals surface area contributed by atoms with Crippen molar-refractivity contribution in [3.05, 3.63) is 57.1 Å². The van der Waals surface area contributed by atoms with Gasteiger partial charge in [0.25, 0.3) is 0 Å². The van der Waals surface area contributed by atoms with Crippen LogP contribution in [-0.4, -0.2) is 9.97 Å².